The molecule has 0 aliphatic carbocycles. The Kier molecular flexibility index (Phi) is 3.89. The molecular formula is C7H10BIN2. The predicted molar refractivity (Wildman–Crippen MR) is 58.3 cm³/mol. The van der Waals surface area contributed by atoms with Crippen LogP contribution in [0.25, 0.3) is 0 Å². The summed E-state index contributed by atoms with van der Waals surface area (Å²) in [5.74, 6) is 5.20. The lowest BCUT2D eigenvalue weighted by atomic mass is 9.94. The Morgan fingerprint density at radius 3 is 3.00 bits per heavy atom. The normalized spacial score (nSPS) is 9.64. The fraction of sp³-hybridized carbons (Fsp3) is 0.143. The molecule has 1 aromatic carbocycles. The average Bonchev–Trinajstić information content (AvgIpc) is 2.06. The summed E-state index contributed by atoms with van der Waals surface area (Å²) >= 11 is 2.35. The van der Waals surface area contributed by atoms with Crippen molar-refractivity contribution in [2.24, 2.45) is 5.84 Å². The van der Waals surface area contributed by atoms with Crippen LogP contribution in [0.1, 0.15) is 5.56 Å². The van der Waals surface area contributed by atoms with Crippen molar-refractivity contribution < 1.29 is 0 Å². The van der Waals surface area contributed by atoms with Crippen LogP contribution in [0.5, 0.6) is 0 Å². The molecule has 4 heteroatoms. The van der Waals surface area contributed by atoms with Crippen LogP contribution in [0, 0.1) is 0 Å². The van der Waals surface area contributed by atoms with E-state index in [-0.39, 0.29) is 0 Å². The molecule has 0 saturated heterocycles. The zero-order valence-corrected chi connectivity index (χ0v) is 8.34. The summed E-state index contributed by atoms with van der Waals surface area (Å²) in [4.78, 5) is 0. The molecule has 0 amide bonds. The van der Waals surface area contributed by atoms with Crippen molar-refractivity contribution in [3.8, 4) is 0 Å². The number of hydrogen-bond donors (Lipinski definition) is 2. The van der Waals surface area contributed by atoms with E-state index in [0.717, 1.165) is 11.7 Å². The Morgan fingerprint density at radius 2 is 2.36 bits per heavy atom. The van der Waals surface area contributed by atoms with Crippen LogP contribution in [-0.4, -0.2) is 5.14 Å². The first kappa shape index (κ1) is 9.03. The van der Waals surface area contributed by atoms with E-state index in [2.05, 4.69) is 52.1 Å². The number of nitrogens with two attached hydrogens (primary N) is 1. The number of rotatable bonds is 3. The van der Waals surface area contributed by atoms with Crippen molar-refractivity contribution in [1.29, 1.82) is 0 Å². The van der Waals surface area contributed by atoms with E-state index in [1.807, 2.05) is 0 Å². The van der Waals surface area contributed by atoms with Gasteiger partial charge in [0, 0.05) is 6.54 Å². The van der Waals surface area contributed by atoms with Crippen LogP contribution in [0.3, 0.4) is 0 Å². The summed E-state index contributed by atoms with van der Waals surface area (Å²) in [5, 5.41) is 1.05. The lowest BCUT2D eigenvalue weighted by Gasteiger charge is -2.00. The van der Waals surface area contributed by atoms with Crippen molar-refractivity contribution in [3.05, 3.63) is 29.8 Å². The third kappa shape index (κ3) is 2.80. The van der Waals surface area contributed by atoms with Gasteiger partial charge in [-0.15, -0.1) is 22.4 Å². The largest absolute Gasteiger partial charge is 0.271 e. The second kappa shape index (κ2) is 4.74. The van der Waals surface area contributed by atoms with Crippen LogP contribution in [0.15, 0.2) is 24.3 Å². The smallest absolute Gasteiger partial charge is 0.232 e. The van der Waals surface area contributed by atoms with E-state index >= 15 is 0 Å². The van der Waals surface area contributed by atoms with Crippen molar-refractivity contribution in [2.75, 3.05) is 0 Å². The molecule has 0 spiro atoms. The Balaban J connectivity index is 2.74. The van der Waals surface area contributed by atoms with Gasteiger partial charge in [0.25, 0.3) is 0 Å². The minimum absolute atomic E-state index is 0.741. The molecule has 11 heavy (non-hydrogen) atoms. The minimum atomic E-state index is 0.741. The van der Waals surface area contributed by atoms with Gasteiger partial charge in [0.2, 0.25) is 5.14 Å². The highest BCUT2D eigenvalue weighted by Crippen LogP contribution is 1.95. The van der Waals surface area contributed by atoms with Gasteiger partial charge in [-0.25, -0.2) is 0 Å². The molecule has 0 radical (unpaired) electrons. The summed E-state index contributed by atoms with van der Waals surface area (Å²) in [6.07, 6.45) is 0. The van der Waals surface area contributed by atoms with Crippen molar-refractivity contribution in [1.82, 2.24) is 5.43 Å². The highest BCUT2D eigenvalue weighted by atomic mass is 127. The standard InChI is InChI=1S/C7H10BIN2/c9-8-7-3-1-2-6(4-7)5-11-10/h1-4,8,11H,5,10H2. The molecule has 0 fully saturated rings. The predicted octanol–water partition coefficient (Wildman–Crippen LogP) is 0.0617. The van der Waals surface area contributed by atoms with Crippen molar-refractivity contribution in [3.63, 3.8) is 0 Å². The first-order valence-corrected chi connectivity index (χ1v) is 4.96. The maximum atomic E-state index is 5.20. The van der Waals surface area contributed by atoms with E-state index in [9.17, 15) is 0 Å². The van der Waals surface area contributed by atoms with Gasteiger partial charge >= 0.3 is 0 Å². The maximum Gasteiger partial charge on any atom is 0.232 e. The molecule has 0 aliphatic rings. The molecule has 3 N–H and O–H groups in total. The van der Waals surface area contributed by atoms with Gasteiger partial charge in [-0.1, -0.05) is 29.7 Å². The quantitative estimate of drug-likeness (QED) is 0.349. The number of halogens is 1. The average molecular weight is 260 g/mol. The second-order valence-corrected chi connectivity index (χ2v) is 3.10. The van der Waals surface area contributed by atoms with Crippen molar-refractivity contribution >= 4 is 33.0 Å². The maximum absolute atomic E-state index is 5.20. The molecule has 0 bridgehead atoms. The Hall–Kier alpha value is -0.0651. The van der Waals surface area contributed by atoms with E-state index in [0.29, 0.717) is 0 Å². The molecule has 1 aromatic rings. The van der Waals surface area contributed by atoms with E-state index in [4.69, 9.17) is 5.84 Å². The summed E-state index contributed by atoms with van der Waals surface area (Å²) in [5.41, 5.74) is 5.22. The van der Waals surface area contributed by atoms with E-state index in [1.54, 1.807) is 0 Å². The molecule has 58 valence electrons. The summed E-state index contributed by atoms with van der Waals surface area (Å²) < 4.78 is 0. The molecule has 2 nitrogen and oxygen atoms in total. The Morgan fingerprint density at radius 1 is 1.55 bits per heavy atom. The zero-order valence-electron chi connectivity index (χ0n) is 6.18. The fourth-order valence-corrected chi connectivity index (χ4v) is 1.42. The fourth-order valence-electron chi connectivity index (χ4n) is 0.941. The second-order valence-electron chi connectivity index (χ2n) is 2.33. The third-order valence-corrected chi connectivity index (χ3v) is 2.33. The first-order valence-electron chi connectivity index (χ1n) is 3.44. The van der Waals surface area contributed by atoms with Crippen LogP contribution in [0.2, 0.25) is 0 Å². The molecule has 0 aliphatic heterocycles. The van der Waals surface area contributed by atoms with Crippen LogP contribution in [-0.2, 0) is 6.54 Å². The third-order valence-electron chi connectivity index (χ3n) is 1.45. The SMILES string of the molecule is NNCc1cccc(BI)c1. The minimum Gasteiger partial charge on any atom is -0.271 e. The number of hydrazine groups is 1. The highest BCUT2D eigenvalue weighted by Gasteiger charge is 1.93. The lowest BCUT2D eigenvalue weighted by Crippen LogP contribution is -2.21. The Bertz CT molecular complexity index is 229. The molecule has 0 saturated carbocycles. The Labute approximate surface area is 80.6 Å². The van der Waals surface area contributed by atoms with Crippen molar-refractivity contribution in [2.45, 2.75) is 6.54 Å². The van der Waals surface area contributed by atoms with Gasteiger partial charge in [-0.3, -0.25) is 11.3 Å². The van der Waals surface area contributed by atoms with Gasteiger partial charge in [0.15, 0.2) is 0 Å². The number of hydrogen-bond acceptors (Lipinski definition) is 2. The first-order chi connectivity index (χ1) is 5.36. The topological polar surface area (TPSA) is 38.0 Å². The molecule has 0 heterocycles. The van der Waals surface area contributed by atoms with Gasteiger partial charge in [0.05, 0.1) is 0 Å². The highest BCUT2D eigenvalue weighted by molar-refractivity contribution is 14.1. The van der Waals surface area contributed by atoms with Crippen LogP contribution in [0.4, 0.5) is 0 Å². The van der Waals surface area contributed by atoms with Gasteiger partial charge in [-0.05, 0) is 5.56 Å². The molecule has 0 unspecified atom stereocenters. The number of benzene rings is 1. The van der Waals surface area contributed by atoms with E-state index in [1.165, 1.54) is 11.0 Å². The summed E-state index contributed by atoms with van der Waals surface area (Å²) in [7, 11) is 0. The summed E-state index contributed by atoms with van der Waals surface area (Å²) in [6.45, 7) is 0.741. The van der Waals surface area contributed by atoms with Gasteiger partial charge in [0.1, 0.15) is 0 Å². The van der Waals surface area contributed by atoms with Gasteiger partial charge in [-0.2, -0.15) is 0 Å². The number of nitrogens with one attached hydrogen (secondary N) is 1. The van der Waals surface area contributed by atoms with Gasteiger partial charge < -0.3 is 0 Å². The van der Waals surface area contributed by atoms with Crippen LogP contribution >= 0.6 is 22.4 Å². The summed E-state index contributed by atoms with van der Waals surface area (Å²) in [6, 6.07) is 8.40. The van der Waals surface area contributed by atoms with E-state index < -0.39 is 0 Å². The molecule has 0 aromatic heterocycles. The zero-order chi connectivity index (χ0) is 8.10. The molecule has 1 rings (SSSR count). The molecular weight excluding hydrogens is 250 g/mol. The lowest BCUT2D eigenvalue weighted by molar-refractivity contribution is 0.742. The monoisotopic (exact) mass is 260 g/mol. The molecule has 0 atom stereocenters. The van der Waals surface area contributed by atoms with Crippen LogP contribution < -0.4 is 16.7 Å².